The molecule has 1 aliphatic carbocycles. The van der Waals surface area contributed by atoms with Crippen molar-refractivity contribution in [2.24, 2.45) is 11.8 Å². The van der Waals surface area contributed by atoms with Gasteiger partial charge in [-0.25, -0.2) is 0 Å². The first kappa shape index (κ1) is 59.6. The topological polar surface area (TPSA) is 282 Å². The Morgan fingerprint density at radius 1 is 0.714 bits per heavy atom. The summed E-state index contributed by atoms with van der Waals surface area (Å²) in [6.07, 6.45) is 3.94. The van der Waals surface area contributed by atoms with Gasteiger partial charge in [-0.2, -0.15) is 0 Å². The largest absolute Gasteiger partial charge is 0.460 e. The third-order valence-electron chi connectivity index (χ3n) is 11.8. The highest BCUT2D eigenvalue weighted by atomic mass is 32.2. The van der Waals surface area contributed by atoms with Crippen LogP contribution in [0.25, 0.3) is 0 Å². The Bertz CT molecular complexity index is 1910. The highest BCUT2D eigenvalue weighted by Crippen LogP contribution is 2.52. The van der Waals surface area contributed by atoms with Gasteiger partial charge in [0.25, 0.3) is 5.91 Å². The second-order valence-corrected chi connectivity index (χ2v) is 23.8. The molecule has 7 amide bonds. The Labute approximate surface area is 420 Å². The molecule has 0 aromatic carbocycles. The van der Waals surface area contributed by atoms with E-state index in [-0.39, 0.29) is 57.5 Å². The van der Waals surface area contributed by atoms with E-state index in [9.17, 15) is 47.9 Å². The fourth-order valence-electron chi connectivity index (χ4n) is 8.64. The number of rotatable bonds is 24. The Hall–Kier alpha value is -4.73. The Morgan fingerprint density at radius 2 is 1.26 bits per heavy atom. The highest BCUT2D eigenvalue weighted by molar-refractivity contribution is 8.21. The summed E-state index contributed by atoms with van der Waals surface area (Å²) in [4.78, 5) is 148. The summed E-state index contributed by atoms with van der Waals surface area (Å²) in [5.41, 5.74) is -1.66. The number of likely N-dealkylation sites (tertiary alicyclic amines) is 1. The SMILES string of the molecule is CCCC(NC(=O)[C@@H]1CC2(CN1C(=O)C(NC(=O)C(NC(=O)C(CCC(=O)OC(C)(C)C)NC(=O)C(CCC(=O)OC(C)(C)C)NC(C)=O)C(C)C)C1CCCCC1)SCCS2)C(=O)C(=O)NCC=O. The second-order valence-electron chi connectivity index (χ2n) is 20.6. The summed E-state index contributed by atoms with van der Waals surface area (Å²) in [5.74, 6) is -6.63. The van der Waals surface area contributed by atoms with Gasteiger partial charge < -0.3 is 51.1 Å². The molecule has 0 aromatic rings. The third-order valence-corrected chi connectivity index (χ3v) is 15.3. The Kier molecular flexibility index (Phi) is 23.1. The van der Waals surface area contributed by atoms with Crippen LogP contribution in [0.3, 0.4) is 0 Å². The van der Waals surface area contributed by atoms with Gasteiger partial charge in [-0.3, -0.25) is 47.9 Å². The molecular formula is C48H77N7O13S2. The zero-order chi connectivity index (χ0) is 52.6. The molecule has 3 aliphatic rings. The predicted molar refractivity (Wildman–Crippen MR) is 264 cm³/mol. The van der Waals surface area contributed by atoms with Gasteiger partial charge in [0.2, 0.25) is 41.2 Å². The van der Waals surface area contributed by atoms with E-state index in [1.807, 2.05) is 0 Å². The lowest BCUT2D eigenvalue weighted by Gasteiger charge is -2.36. The molecule has 0 aromatic heterocycles. The van der Waals surface area contributed by atoms with Crippen LogP contribution in [0.1, 0.15) is 146 Å². The number of Topliss-reactive ketones (excluding diaryl/α,β-unsaturated/α-hetero) is 1. The van der Waals surface area contributed by atoms with Gasteiger partial charge in [0, 0.05) is 44.2 Å². The number of esters is 2. The van der Waals surface area contributed by atoms with E-state index in [4.69, 9.17) is 9.47 Å². The minimum atomic E-state index is -1.44. The number of hydrogen-bond donors (Lipinski definition) is 6. The number of amides is 7. The first-order chi connectivity index (χ1) is 32.7. The number of carbonyl (C=O) groups is 11. The number of ether oxygens (including phenoxy) is 2. The standard InChI is InChI=1S/C48H77N7O13S2/c1-11-15-31(39(60)44(65)49-22-23-56)51-42(63)34-26-48(69-24-25-70-48)27-55(34)45(66)38(30-16-13-12-14-17-30)54-43(64)37(28(2)3)53-41(62)33(19-21-36(59)68-47(8,9)10)52-40(61)32(50-29(4)57)18-20-35(58)67-46(5,6)7/h23,28,30-34,37-38H,11-22,24-27H2,1-10H3,(H,49,65)(H,50,57)(H,51,63)(H,52,61)(H,53,62)(H,54,64)/t31?,32?,33?,34-,37?,38?/m0/s1. The molecule has 6 atom stereocenters. The fraction of sp³-hybridized carbons (Fsp3) is 0.771. The van der Waals surface area contributed by atoms with E-state index in [1.54, 1.807) is 85.8 Å². The lowest BCUT2D eigenvalue weighted by atomic mass is 9.83. The molecule has 394 valence electrons. The van der Waals surface area contributed by atoms with E-state index in [1.165, 1.54) is 11.8 Å². The van der Waals surface area contributed by atoms with Crippen molar-refractivity contribution in [2.75, 3.05) is 24.6 Å². The molecule has 3 fully saturated rings. The lowest BCUT2D eigenvalue weighted by Crippen LogP contribution is -2.62. The molecule has 0 bridgehead atoms. The van der Waals surface area contributed by atoms with Crippen molar-refractivity contribution in [2.45, 2.75) is 198 Å². The molecule has 20 nitrogen and oxygen atoms in total. The van der Waals surface area contributed by atoms with E-state index < -0.39 is 117 Å². The molecule has 1 saturated carbocycles. The van der Waals surface area contributed by atoms with Crippen LogP contribution in [-0.4, -0.2) is 146 Å². The highest BCUT2D eigenvalue weighted by Gasteiger charge is 2.53. The van der Waals surface area contributed by atoms with Crippen molar-refractivity contribution >= 4 is 88.9 Å². The maximum Gasteiger partial charge on any atom is 0.306 e. The molecule has 70 heavy (non-hydrogen) atoms. The van der Waals surface area contributed by atoms with Crippen LogP contribution in [0.2, 0.25) is 0 Å². The average molecular weight is 1020 g/mol. The number of carbonyl (C=O) groups excluding carboxylic acids is 11. The third kappa shape index (κ3) is 19.1. The fourth-order valence-corrected chi connectivity index (χ4v) is 11.9. The first-order valence-electron chi connectivity index (χ1n) is 24.5. The second kappa shape index (κ2) is 27.2. The quantitative estimate of drug-likeness (QED) is 0.0460. The molecule has 6 N–H and O–H groups in total. The zero-order valence-electron chi connectivity index (χ0n) is 42.6. The van der Waals surface area contributed by atoms with Crippen LogP contribution in [0.15, 0.2) is 0 Å². The molecule has 0 radical (unpaired) electrons. The Balaban J connectivity index is 1.95. The summed E-state index contributed by atoms with van der Waals surface area (Å²) in [6.45, 7) is 16.2. The van der Waals surface area contributed by atoms with Crippen LogP contribution < -0.4 is 31.9 Å². The number of thioether (sulfide) groups is 2. The summed E-state index contributed by atoms with van der Waals surface area (Å²) >= 11 is 3.27. The van der Waals surface area contributed by atoms with Gasteiger partial charge >= 0.3 is 11.9 Å². The van der Waals surface area contributed by atoms with Gasteiger partial charge in [-0.15, -0.1) is 23.5 Å². The monoisotopic (exact) mass is 1020 g/mol. The minimum Gasteiger partial charge on any atom is -0.460 e. The van der Waals surface area contributed by atoms with Crippen LogP contribution in [0.5, 0.6) is 0 Å². The van der Waals surface area contributed by atoms with Crippen LogP contribution in [-0.2, 0) is 62.2 Å². The summed E-state index contributed by atoms with van der Waals surface area (Å²) in [5, 5.41) is 15.8. The van der Waals surface area contributed by atoms with Crippen molar-refractivity contribution < 1.29 is 62.2 Å². The van der Waals surface area contributed by atoms with Gasteiger partial charge in [-0.1, -0.05) is 46.5 Å². The Morgan fingerprint density at radius 3 is 1.76 bits per heavy atom. The van der Waals surface area contributed by atoms with E-state index in [2.05, 4.69) is 31.9 Å². The van der Waals surface area contributed by atoms with Gasteiger partial charge in [0.1, 0.15) is 47.7 Å². The lowest BCUT2D eigenvalue weighted by molar-refractivity contribution is -0.156. The summed E-state index contributed by atoms with van der Waals surface area (Å²) in [6, 6.07) is -7.39. The average Bonchev–Trinajstić information content (AvgIpc) is 3.90. The predicted octanol–water partition coefficient (Wildman–Crippen LogP) is 2.37. The molecule has 22 heteroatoms. The van der Waals surface area contributed by atoms with Gasteiger partial charge in [0.15, 0.2) is 0 Å². The van der Waals surface area contributed by atoms with Crippen molar-refractivity contribution in [3.05, 3.63) is 0 Å². The molecule has 3 rings (SSSR count). The van der Waals surface area contributed by atoms with E-state index in [0.717, 1.165) is 30.8 Å². The molecule has 5 unspecified atom stereocenters. The number of ketones is 1. The summed E-state index contributed by atoms with van der Waals surface area (Å²) in [7, 11) is 0. The van der Waals surface area contributed by atoms with Crippen molar-refractivity contribution in [3.8, 4) is 0 Å². The molecule has 2 heterocycles. The normalized spacial score (nSPS) is 19.1. The first-order valence-corrected chi connectivity index (χ1v) is 26.4. The molecule has 1 spiro atoms. The van der Waals surface area contributed by atoms with Crippen LogP contribution >= 0.6 is 23.5 Å². The maximum atomic E-state index is 15.1. The number of nitrogens with zero attached hydrogens (tertiary/aromatic N) is 1. The van der Waals surface area contributed by atoms with E-state index in [0.29, 0.717) is 25.5 Å². The molecule has 2 aliphatic heterocycles. The number of nitrogens with one attached hydrogen (secondary N) is 6. The van der Waals surface area contributed by atoms with Crippen molar-refractivity contribution in [3.63, 3.8) is 0 Å². The van der Waals surface area contributed by atoms with Crippen molar-refractivity contribution in [1.82, 2.24) is 36.8 Å². The van der Waals surface area contributed by atoms with Crippen molar-refractivity contribution in [1.29, 1.82) is 0 Å². The zero-order valence-corrected chi connectivity index (χ0v) is 44.2. The van der Waals surface area contributed by atoms with E-state index >= 15 is 4.79 Å². The number of hydrogen-bond acceptors (Lipinski definition) is 15. The summed E-state index contributed by atoms with van der Waals surface area (Å²) < 4.78 is 10.3. The van der Waals surface area contributed by atoms with Gasteiger partial charge in [-0.05, 0) is 85.5 Å². The smallest absolute Gasteiger partial charge is 0.306 e. The molecular weight excluding hydrogens is 947 g/mol. The number of aldehydes is 1. The van der Waals surface area contributed by atoms with Crippen LogP contribution in [0, 0.1) is 11.8 Å². The maximum absolute atomic E-state index is 15.1. The van der Waals surface area contributed by atoms with Crippen LogP contribution in [0.4, 0.5) is 0 Å². The molecule has 2 saturated heterocycles. The van der Waals surface area contributed by atoms with Gasteiger partial charge in [0.05, 0.1) is 16.7 Å². The minimum absolute atomic E-state index is 0.132.